The first-order chi connectivity index (χ1) is 9.25. The average Bonchev–Trinajstić information content (AvgIpc) is 2.45. The predicted octanol–water partition coefficient (Wildman–Crippen LogP) is 1.46. The van der Waals surface area contributed by atoms with Gasteiger partial charge < -0.3 is 14.8 Å². The lowest BCUT2D eigenvalue weighted by Crippen LogP contribution is -2.29. The normalized spacial score (nSPS) is 10.6. The standard InChI is InChI=1S/C15H15BO3/c17-16(18)14-8-10-15(11-9-14)19-12-4-7-13-5-2-1-3-6-13/h1-11,17-18H,12H2/b7-4+. The van der Waals surface area contributed by atoms with Crippen LogP contribution in [0, 0.1) is 0 Å². The smallest absolute Gasteiger partial charge is 0.488 e. The van der Waals surface area contributed by atoms with Gasteiger partial charge in [-0.15, -0.1) is 0 Å². The predicted molar refractivity (Wildman–Crippen MR) is 77.2 cm³/mol. The van der Waals surface area contributed by atoms with Crippen molar-refractivity contribution in [2.45, 2.75) is 0 Å². The van der Waals surface area contributed by atoms with Crippen molar-refractivity contribution < 1.29 is 14.8 Å². The van der Waals surface area contributed by atoms with Crippen LogP contribution in [0.15, 0.2) is 60.7 Å². The minimum Gasteiger partial charge on any atom is -0.490 e. The minimum atomic E-state index is -1.44. The number of hydrogen-bond acceptors (Lipinski definition) is 3. The van der Waals surface area contributed by atoms with E-state index in [0.29, 0.717) is 17.8 Å². The van der Waals surface area contributed by atoms with Crippen LogP contribution in [-0.2, 0) is 0 Å². The maximum absolute atomic E-state index is 8.96. The van der Waals surface area contributed by atoms with Crippen molar-refractivity contribution in [2.24, 2.45) is 0 Å². The van der Waals surface area contributed by atoms with Crippen molar-refractivity contribution in [1.82, 2.24) is 0 Å². The summed E-state index contributed by atoms with van der Waals surface area (Å²) in [6.07, 6.45) is 3.93. The molecule has 0 aromatic heterocycles. The Balaban J connectivity index is 1.84. The molecule has 0 saturated carbocycles. The summed E-state index contributed by atoms with van der Waals surface area (Å²) in [5.74, 6) is 0.696. The van der Waals surface area contributed by atoms with Gasteiger partial charge in [0.1, 0.15) is 12.4 Å². The highest BCUT2D eigenvalue weighted by atomic mass is 16.5. The van der Waals surface area contributed by atoms with E-state index >= 15 is 0 Å². The molecule has 0 radical (unpaired) electrons. The highest BCUT2D eigenvalue weighted by Crippen LogP contribution is 2.08. The Hall–Kier alpha value is -2.04. The molecular formula is C15H15BO3. The zero-order valence-corrected chi connectivity index (χ0v) is 10.4. The lowest BCUT2D eigenvalue weighted by Gasteiger charge is -2.04. The SMILES string of the molecule is OB(O)c1ccc(OC/C=C/c2ccccc2)cc1. The van der Waals surface area contributed by atoms with Crippen LogP contribution in [-0.4, -0.2) is 23.8 Å². The van der Waals surface area contributed by atoms with Crippen LogP contribution < -0.4 is 10.2 Å². The van der Waals surface area contributed by atoms with Crippen LogP contribution in [0.5, 0.6) is 5.75 Å². The Bertz CT molecular complexity index is 521. The zero-order valence-electron chi connectivity index (χ0n) is 10.4. The van der Waals surface area contributed by atoms with Crippen molar-refractivity contribution in [3.8, 4) is 5.75 Å². The van der Waals surface area contributed by atoms with E-state index < -0.39 is 7.12 Å². The van der Waals surface area contributed by atoms with Crippen LogP contribution >= 0.6 is 0 Å². The van der Waals surface area contributed by atoms with Crippen molar-refractivity contribution in [3.05, 3.63) is 66.2 Å². The molecule has 3 nitrogen and oxygen atoms in total. The summed E-state index contributed by atoms with van der Waals surface area (Å²) in [6.45, 7) is 0.468. The third kappa shape index (κ3) is 4.28. The van der Waals surface area contributed by atoms with E-state index in [4.69, 9.17) is 14.8 Å². The molecule has 4 heteroatoms. The first-order valence-electron chi connectivity index (χ1n) is 6.06. The molecule has 0 aliphatic heterocycles. The monoisotopic (exact) mass is 254 g/mol. The molecule has 2 aromatic carbocycles. The van der Waals surface area contributed by atoms with Crippen molar-refractivity contribution >= 4 is 18.7 Å². The number of rotatable bonds is 5. The number of ether oxygens (including phenoxy) is 1. The highest BCUT2D eigenvalue weighted by molar-refractivity contribution is 6.58. The van der Waals surface area contributed by atoms with Gasteiger partial charge in [-0.05, 0) is 29.2 Å². The van der Waals surface area contributed by atoms with Crippen LogP contribution in [0.3, 0.4) is 0 Å². The zero-order chi connectivity index (χ0) is 13.5. The van der Waals surface area contributed by atoms with Gasteiger partial charge in [0.15, 0.2) is 0 Å². The van der Waals surface area contributed by atoms with E-state index in [-0.39, 0.29) is 0 Å². The van der Waals surface area contributed by atoms with Crippen molar-refractivity contribution in [3.63, 3.8) is 0 Å². The van der Waals surface area contributed by atoms with Gasteiger partial charge in [-0.2, -0.15) is 0 Å². The van der Waals surface area contributed by atoms with Gasteiger partial charge >= 0.3 is 7.12 Å². The van der Waals surface area contributed by atoms with Crippen LogP contribution in [0.1, 0.15) is 5.56 Å². The molecule has 0 aliphatic rings. The first-order valence-corrected chi connectivity index (χ1v) is 6.06. The second kappa shape index (κ2) is 6.78. The van der Waals surface area contributed by atoms with E-state index in [1.807, 2.05) is 42.5 Å². The summed E-state index contributed by atoms with van der Waals surface area (Å²) >= 11 is 0. The molecule has 0 saturated heterocycles. The molecule has 0 spiro atoms. The van der Waals surface area contributed by atoms with E-state index in [0.717, 1.165) is 5.56 Å². The third-order valence-electron chi connectivity index (χ3n) is 2.63. The molecule has 0 heterocycles. The third-order valence-corrected chi connectivity index (χ3v) is 2.63. The Morgan fingerprint density at radius 2 is 1.63 bits per heavy atom. The first kappa shape index (κ1) is 13.4. The molecule has 0 amide bonds. The molecule has 0 atom stereocenters. The highest BCUT2D eigenvalue weighted by Gasteiger charge is 2.09. The van der Waals surface area contributed by atoms with Crippen molar-refractivity contribution in [1.29, 1.82) is 0 Å². The Labute approximate surface area is 112 Å². The average molecular weight is 254 g/mol. The van der Waals surface area contributed by atoms with Gasteiger partial charge in [0.25, 0.3) is 0 Å². The Morgan fingerprint density at radius 3 is 2.26 bits per heavy atom. The minimum absolute atomic E-state index is 0.451. The van der Waals surface area contributed by atoms with Gasteiger partial charge in [-0.1, -0.05) is 48.5 Å². The van der Waals surface area contributed by atoms with Gasteiger partial charge in [0, 0.05) is 0 Å². The van der Waals surface area contributed by atoms with E-state index in [1.54, 1.807) is 24.3 Å². The van der Waals surface area contributed by atoms with Gasteiger partial charge in [0.05, 0.1) is 0 Å². The molecule has 19 heavy (non-hydrogen) atoms. The topological polar surface area (TPSA) is 49.7 Å². The molecule has 2 N–H and O–H groups in total. The van der Waals surface area contributed by atoms with Crippen molar-refractivity contribution in [2.75, 3.05) is 6.61 Å². The largest absolute Gasteiger partial charge is 0.490 e. The molecule has 0 bridgehead atoms. The van der Waals surface area contributed by atoms with E-state index in [2.05, 4.69) is 0 Å². The number of benzene rings is 2. The summed E-state index contributed by atoms with van der Waals surface area (Å²) in [5.41, 5.74) is 1.58. The molecule has 96 valence electrons. The lowest BCUT2D eigenvalue weighted by atomic mass is 9.80. The summed E-state index contributed by atoms with van der Waals surface area (Å²) < 4.78 is 5.51. The summed E-state index contributed by atoms with van der Waals surface area (Å²) in [7, 11) is -1.44. The fraction of sp³-hybridized carbons (Fsp3) is 0.0667. The van der Waals surface area contributed by atoms with Crippen LogP contribution in [0.25, 0.3) is 6.08 Å². The quantitative estimate of drug-likeness (QED) is 0.794. The molecule has 2 rings (SSSR count). The van der Waals surface area contributed by atoms with Gasteiger partial charge in [0.2, 0.25) is 0 Å². The molecule has 0 aliphatic carbocycles. The maximum Gasteiger partial charge on any atom is 0.488 e. The summed E-state index contributed by atoms with van der Waals surface area (Å²) in [5, 5.41) is 17.9. The summed E-state index contributed by atoms with van der Waals surface area (Å²) in [6, 6.07) is 16.7. The second-order valence-electron chi connectivity index (χ2n) is 4.07. The molecule has 0 fully saturated rings. The van der Waals surface area contributed by atoms with Crippen LogP contribution in [0.4, 0.5) is 0 Å². The fourth-order valence-electron chi connectivity index (χ4n) is 1.63. The molecule has 0 unspecified atom stereocenters. The Kier molecular flexibility index (Phi) is 4.78. The molecule has 2 aromatic rings. The van der Waals surface area contributed by atoms with Gasteiger partial charge in [-0.3, -0.25) is 0 Å². The second-order valence-corrected chi connectivity index (χ2v) is 4.07. The number of hydrogen-bond donors (Lipinski definition) is 2. The van der Waals surface area contributed by atoms with Crippen LogP contribution in [0.2, 0.25) is 0 Å². The van der Waals surface area contributed by atoms with Gasteiger partial charge in [-0.25, -0.2) is 0 Å². The lowest BCUT2D eigenvalue weighted by molar-refractivity contribution is 0.363. The van der Waals surface area contributed by atoms with E-state index in [1.165, 1.54) is 0 Å². The molecular weight excluding hydrogens is 239 g/mol. The fourth-order valence-corrected chi connectivity index (χ4v) is 1.63. The summed E-state index contributed by atoms with van der Waals surface area (Å²) in [4.78, 5) is 0. The Morgan fingerprint density at radius 1 is 0.947 bits per heavy atom. The van der Waals surface area contributed by atoms with E-state index in [9.17, 15) is 0 Å². The maximum atomic E-state index is 8.96.